The van der Waals surface area contributed by atoms with Crippen molar-refractivity contribution in [2.45, 2.75) is 12.8 Å². The molecule has 1 aliphatic rings. The summed E-state index contributed by atoms with van der Waals surface area (Å²) in [5, 5.41) is 0. The first kappa shape index (κ1) is 8.97. The number of nitrogen functional groups attached to an aromatic ring is 1. The van der Waals surface area contributed by atoms with E-state index < -0.39 is 0 Å². The van der Waals surface area contributed by atoms with E-state index in [4.69, 9.17) is 5.73 Å². The molecule has 13 heavy (non-hydrogen) atoms. The fourth-order valence-electron chi connectivity index (χ4n) is 1.33. The Morgan fingerprint density at radius 1 is 1.54 bits per heavy atom. The number of halogens is 1. The molecule has 1 aromatic rings. The number of nitrogens with zero attached hydrogens (tertiary/aromatic N) is 1. The van der Waals surface area contributed by atoms with Crippen LogP contribution >= 0.6 is 27.3 Å². The number of aromatic nitrogens is 1. The van der Waals surface area contributed by atoms with Crippen LogP contribution in [-0.2, 0) is 0 Å². The van der Waals surface area contributed by atoms with Crippen LogP contribution in [0.1, 0.15) is 17.7 Å². The Kier molecular flexibility index (Phi) is 2.51. The van der Waals surface area contributed by atoms with E-state index in [0.717, 1.165) is 21.6 Å². The zero-order valence-corrected chi connectivity index (χ0v) is 9.36. The van der Waals surface area contributed by atoms with Crippen LogP contribution in [0.3, 0.4) is 0 Å². The van der Waals surface area contributed by atoms with Gasteiger partial charge in [0.05, 0.1) is 4.88 Å². The third kappa shape index (κ3) is 1.84. The molecule has 0 saturated carbocycles. The van der Waals surface area contributed by atoms with E-state index in [0.29, 0.717) is 5.82 Å². The highest BCUT2D eigenvalue weighted by Crippen LogP contribution is 2.34. The van der Waals surface area contributed by atoms with Gasteiger partial charge in [0.2, 0.25) is 0 Å². The largest absolute Gasteiger partial charge is 0.382 e. The molecule has 1 aliphatic carbocycles. The maximum Gasteiger partial charge on any atom is 0.162 e. The molecule has 0 fully saturated rings. The van der Waals surface area contributed by atoms with Gasteiger partial charge in [-0.05, 0) is 34.3 Å². The van der Waals surface area contributed by atoms with Crippen LogP contribution in [0.5, 0.6) is 0 Å². The molecular weight excluding hydrogens is 248 g/mol. The molecule has 0 saturated heterocycles. The number of hydrogen-bond donors (Lipinski definition) is 1. The van der Waals surface area contributed by atoms with Crippen molar-refractivity contribution in [3.05, 3.63) is 27.0 Å². The van der Waals surface area contributed by atoms with E-state index in [1.54, 1.807) is 11.3 Å². The van der Waals surface area contributed by atoms with Gasteiger partial charge >= 0.3 is 0 Å². The number of allylic oxidation sites excluding steroid dienone is 4. The highest BCUT2D eigenvalue weighted by atomic mass is 79.9. The molecule has 2 nitrogen and oxygen atoms in total. The van der Waals surface area contributed by atoms with Gasteiger partial charge in [-0.1, -0.05) is 18.2 Å². The Labute approximate surface area is 89.3 Å². The first-order valence-corrected chi connectivity index (χ1v) is 5.66. The standard InChI is InChI=1S/C9H9BrN2S/c10-9-12-8(11)7(13-9)6-4-2-1-3-5-6/h1-2,4H,3,5,11H2. The summed E-state index contributed by atoms with van der Waals surface area (Å²) in [6.45, 7) is 0. The van der Waals surface area contributed by atoms with Crippen molar-refractivity contribution in [3.8, 4) is 0 Å². The number of anilines is 1. The molecule has 0 aliphatic heterocycles. The van der Waals surface area contributed by atoms with Gasteiger partial charge in [-0.25, -0.2) is 4.98 Å². The lowest BCUT2D eigenvalue weighted by Gasteiger charge is -2.06. The predicted molar refractivity (Wildman–Crippen MR) is 60.6 cm³/mol. The van der Waals surface area contributed by atoms with Gasteiger partial charge in [0.1, 0.15) is 5.82 Å². The lowest BCUT2D eigenvalue weighted by molar-refractivity contribution is 1.06. The van der Waals surface area contributed by atoms with Gasteiger partial charge in [-0.3, -0.25) is 0 Å². The minimum atomic E-state index is 0.637. The van der Waals surface area contributed by atoms with Gasteiger partial charge in [-0.15, -0.1) is 11.3 Å². The number of nitrogens with two attached hydrogens (primary N) is 1. The Morgan fingerprint density at radius 2 is 2.38 bits per heavy atom. The van der Waals surface area contributed by atoms with E-state index in [1.807, 2.05) is 0 Å². The minimum Gasteiger partial charge on any atom is -0.382 e. The molecule has 1 aromatic heterocycles. The molecule has 0 spiro atoms. The van der Waals surface area contributed by atoms with Gasteiger partial charge in [-0.2, -0.15) is 0 Å². The van der Waals surface area contributed by atoms with Gasteiger partial charge in [0.15, 0.2) is 3.92 Å². The molecule has 4 heteroatoms. The van der Waals surface area contributed by atoms with Crippen molar-refractivity contribution in [1.82, 2.24) is 4.98 Å². The normalized spacial score (nSPS) is 15.9. The van der Waals surface area contributed by atoms with Crippen LogP contribution in [0.15, 0.2) is 22.1 Å². The molecule has 2 N–H and O–H groups in total. The lowest BCUT2D eigenvalue weighted by Crippen LogP contribution is -1.91. The SMILES string of the molecule is Nc1nc(Br)sc1C1=CC=CCC1. The second kappa shape index (κ2) is 3.64. The third-order valence-electron chi connectivity index (χ3n) is 1.93. The Morgan fingerprint density at radius 3 is 2.92 bits per heavy atom. The van der Waals surface area contributed by atoms with Crippen LogP contribution in [0, 0.1) is 0 Å². The predicted octanol–water partition coefficient (Wildman–Crippen LogP) is 3.22. The van der Waals surface area contributed by atoms with Crippen molar-refractivity contribution >= 4 is 38.7 Å². The van der Waals surface area contributed by atoms with E-state index in [1.165, 1.54) is 5.57 Å². The summed E-state index contributed by atoms with van der Waals surface area (Å²) in [6, 6.07) is 0. The number of hydrogen-bond acceptors (Lipinski definition) is 3. The molecule has 0 atom stereocenters. The lowest BCUT2D eigenvalue weighted by atomic mass is 10.0. The quantitative estimate of drug-likeness (QED) is 0.838. The molecule has 0 aromatic carbocycles. The first-order chi connectivity index (χ1) is 6.27. The zero-order chi connectivity index (χ0) is 9.26. The Hall–Kier alpha value is -0.610. The third-order valence-corrected chi connectivity index (χ3v) is 3.53. The van der Waals surface area contributed by atoms with Crippen molar-refractivity contribution in [1.29, 1.82) is 0 Å². The van der Waals surface area contributed by atoms with Gasteiger partial charge in [0.25, 0.3) is 0 Å². The Balaban J connectivity index is 2.39. The summed E-state index contributed by atoms with van der Waals surface area (Å²) in [5.74, 6) is 0.637. The highest BCUT2D eigenvalue weighted by molar-refractivity contribution is 9.11. The Bertz CT molecular complexity index is 379. The maximum atomic E-state index is 5.78. The van der Waals surface area contributed by atoms with Crippen LogP contribution < -0.4 is 5.73 Å². The summed E-state index contributed by atoms with van der Waals surface area (Å²) in [5.41, 5.74) is 7.07. The van der Waals surface area contributed by atoms with Crippen molar-refractivity contribution in [3.63, 3.8) is 0 Å². The number of rotatable bonds is 1. The van der Waals surface area contributed by atoms with E-state index >= 15 is 0 Å². The van der Waals surface area contributed by atoms with Crippen LogP contribution in [0.4, 0.5) is 5.82 Å². The van der Waals surface area contributed by atoms with E-state index in [2.05, 4.69) is 39.1 Å². The molecule has 0 bridgehead atoms. The smallest absolute Gasteiger partial charge is 0.162 e. The highest BCUT2D eigenvalue weighted by Gasteiger charge is 2.11. The molecule has 2 rings (SSSR count). The molecule has 68 valence electrons. The average Bonchev–Trinajstić information content (AvgIpc) is 2.47. The monoisotopic (exact) mass is 256 g/mol. The van der Waals surface area contributed by atoms with Crippen LogP contribution in [0.2, 0.25) is 0 Å². The summed E-state index contributed by atoms with van der Waals surface area (Å²) < 4.78 is 0.857. The molecular formula is C9H9BrN2S. The minimum absolute atomic E-state index is 0.637. The second-order valence-electron chi connectivity index (χ2n) is 2.84. The van der Waals surface area contributed by atoms with E-state index in [9.17, 15) is 0 Å². The summed E-state index contributed by atoms with van der Waals surface area (Å²) in [4.78, 5) is 5.24. The van der Waals surface area contributed by atoms with E-state index in [-0.39, 0.29) is 0 Å². The maximum absolute atomic E-state index is 5.78. The van der Waals surface area contributed by atoms with Crippen molar-refractivity contribution in [2.24, 2.45) is 0 Å². The van der Waals surface area contributed by atoms with Crippen molar-refractivity contribution in [2.75, 3.05) is 5.73 Å². The number of thiazole rings is 1. The summed E-state index contributed by atoms with van der Waals surface area (Å²) in [6.07, 6.45) is 8.51. The average molecular weight is 257 g/mol. The first-order valence-electron chi connectivity index (χ1n) is 4.05. The molecule has 0 unspecified atom stereocenters. The van der Waals surface area contributed by atoms with Crippen molar-refractivity contribution < 1.29 is 0 Å². The van der Waals surface area contributed by atoms with Gasteiger partial charge < -0.3 is 5.73 Å². The molecule has 1 heterocycles. The zero-order valence-electron chi connectivity index (χ0n) is 6.96. The van der Waals surface area contributed by atoms with Gasteiger partial charge in [0, 0.05) is 0 Å². The fourth-order valence-corrected chi connectivity index (χ4v) is 2.77. The fraction of sp³-hybridized carbons (Fsp3) is 0.222. The van der Waals surface area contributed by atoms with Crippen LogP contribution in [0.25, 0.3) is 5.57 Å². The molecule has 0 amide bonds. The summed E-state index contributed by atoms with van der Waals surface area (Å²) >= 11 is 4.93. The topological polar surface area (TPSA) is 38.9 Å². The molecule has 0 radical (unpaired) electrons. The van der Waals surface area contributed by atoms with Crippen LogP contribution in [-0.4, -0.2) is 4.98 Å². The summed E-state index contributed by atoms with van der Waals surface area (Å²) in [7, 11) is 0. The second-order valence-corrected chi connectivity index (χ2v) is 5.12.